The van der Waals surface area contributed by atoms with Crippen molar-refractivity contribution in [2.45, 2.75) is 10.8 Å². The maximum Gasteiger partial charge on any atom is 0.115 e. The molecular formula is C12H9Cl2NS. The van der Waals surface area contributed by atoms with Crippen LogP contribution >= 0.6 is 35.0 Å². The molecule has 0 fully saturated rings. The summed E-state index contributed by atoms with van der Waals surface area (Å²) in [5.41, 5.74) is 1.09. The van der Waals surface area contributed by atoms with Gasteiger partial charge in [-0.2, -0.15) is 0 Å². The molecule has 0 unspecified atom stereocenters. The van der Waals surface area contributed by atoms with Gasteiger partial charge in [-0.25, -0.2) is 4.98 Å². The monoisotopic (exact) mass is 269 g/mol. The summed E-state index contributed by atoms with van der Waals surface area (Å²) in [6.45, 7) is 0. The Balaban J connectivity index is 2.09. The summed E-state index contributed by atoms with van der Waals surface area (Å²) in [4.78, 5) is 4.21. The second kappa shape index (κ2) is 5.58. The normalized spacial score (nSPS) is 10.4. The van der Waals surface area contributed by atoms with Gasteiger partial charge < -0.3 is 0 Å². The first kappa shape index (κ1) is 11.8. The van der Waals surface area contributed by atoms with Gasteiger partial charge in [-0.1, -0.05) is 41.4 Å². The number of nitrogens with zero attached hydrogens (tertiary/aromatic N) is 1. The van der Waals surface area contributed by atoms with Crippen molar-refractivity contribution < 1.29 is 0 Å². The Bertz CT molecular complexity index is 442. The predicted molar refractivity (Wildman–Crippen MR) is 70.3 cm³/mol. The minimum Gasteiger partial charge on any atom is -0.248 e. The third kappa shape index (κ3) is 2.91. The maximum absolute atomic E-state index is 6.06. The third-order valence-corrected chi connectivity index (χ3v) is 3.89. The Labute approximate surface area is 109 Å². The Morgan fingerprint density at radius 2 is 1.75 bits per heavy atom. The molecule has 0 aliphatic rings. The number of benzene rings is 1. The fourth-order valence-electron chi connectivity index (χ4n) is 1.24. The van der Waals surface area contributed by atoms with E-state index in [2.05, 4.69) is 4.98 Å². The molecule has 1 heterocycles. The molecular weight excluding hydrogens is 261 g/mol. The Morgan fingerprint density at radius 1 is 1.00 bits per heavy atom. The molecule has 0 bridgehead atoms. The summed E-state index contributed by atoms with van der Waals surface area (Å²) in [5.74, 6) is 0.774. The number of aromatic nitrogens is 1. The largest absolute Gasteiger partial charge is 0.248 e. The molecule has 0 aliphatic carbocycles. The lowest BCUT2D eigenvalue weighted by atomic mass is 10.2. The highest BCUT2D eigenvalue weighted by Crippen LogP contribution is 2.29. The molecule has 4 heteroatoms. The van der Waals surface area contributed by atoms with Gasteiger partial charge in [-0.05, 0) is 23.8 Å². The second-order valence-electron chi connectivity index (χ2n) is 3.17. The van der Waals surface area contributed by atoms with E-state index in [9.17, 15) is 0 Å². The van der Waals surface area contributed by atoms with E-state index in [4.69, 9.17) is 23.2 Å². The van der Waals surface area contributed by atoms with Crippen molar-refractivity contribution in [1.82, 2.24) is 4.98 Å². The van der Waals surface area contributed by atoms with Crippen LogP contribution in [0.2, 0.25) is 10.0 Å². The van der Waals surface area contributed by atoms with Crippen LogP contribution in [0.15, 0.2) is 47.6 Å². The number of halogens is 2. The zero-order chi connectivity index (χ0) is 11.4. The minimum atomic E-state index is 0.680. The number of pyridine rings is 1. The van der Waals surface area contributed by atoms with Crippen molar-refractivity contribution in [2.75, 3.05) is 0 Å². The highest BCUT2D eigenvalue weighted by Gasteiger charge is 2.04. The van der Waals surface area contributed by atoms with Gasteiger partial charge in [-0.15, -0.1) is 11.8 Å². The van der Waals surface area contributed by atoms with Gasteiger partial charge in [0.2, 0.25) is 0 Å². The van der Waals surface area contributed by atoms with Crippen molar-refractivity contribution in [3.63, 3.8) is 0 Å². The number of hydrogen-bond acceptors (Lipinski definition) is 2. The van der Waals surface area contributed by atoms with Gasteiger partial charge in [0.15, 0.2) is 0 Å². The summed E-state index contributed by atoms with van der Waals surface area (Å²) in [7, 11) is 0. The van der Waals surface area contributed by atoms with E-state index in [1.807, 2.05) is 36.4 Å². The first-order valence-electron chi connectivity index (χ1n) is 4.74. The zero-order valence-corrected chi connectivity index (χ0v) is 10.7. The van der Waals surface area contributed by atoms with Gasteiger partial charge in [0.05, 0.1) is 5.02 Å². The van der Waals surface area contributed by atoms with Gasteiger partial charge in [0, 0.05) is 17.0 Å². The molecule has 0 saturated carbocycles. The lowest BCUT2D eigenvalue weighted by molar-refractivity contribution is 1.13. The van der Waals surface area contributed by atoms with E-state index in [1.165, 1.54) is 0 Å². The van der Waals surface area contributed by atoms with Gasteiger partial charge in [-0.3, -0.25) is 0 Å². The molecule has 1 nitrogen and oxygen atoms in total. The third-order valence-electron chi connectivity index (χ3n) is 2.05. The van der Waals surface area contributed by atoms with Crippen molar-refractivity contribution in [3.8, 4) is 0 Å². The van der Waals surface area contributed by atoms with Crippen LogP contribution in [0, 0.1) is 0 Å². The van der Waals surface area contributed by atoms with Crippen LogP contribution < -0.4 is 0 Å². The van der Waals surface area contributed by atoms with E-state index in [0.29, 0.717) is 5.02 Å². The lowest BCUT2D eigenvalue weighted by Gasteiger charge is -2.04. The first-order chi connectivity index (χ1) is 7.77. The van der Waals surface area contributed by atoms with Crippen LogP contribution in [-0.4, -0.2) is 4.98 Å². The summed E-state index contributed by atoms with van der Waals surface area (Å²) in [5, 5.41) is 2.30. The van der Waals surface area contributed by atoms with E-state index in [0.717, 1.165) is 21.4 Å². The molecule has 82 valence electrons. The van der Waals surface area contributed by atoms with Crippen molar-refractivity contribution in [2.24, 2.45) is 0 Å². The van der Waals surface area contributed by atoms with Crippen LogP contribution in [0.1, 0.15) is 5.56 Å². The van der Waals surface area contributed by atoms with Crippen molar-refractivity contribution >= 4 is 35.0 Å². The van der Waals surface area contributed by atoms with Crippen molar-refractivity contribution in [1.29, 1.82) is 0 Å². The summed E-state index contributed by atoms with van der Waals surface area (Å²) in [6, 6.07) is 11.4. The maximum atomic E-state index is 6.06. The zero-order valence-electron chi connectivity index (χ0n) is 8.36. The Hall–Kier alpha value is -0.700. The molecule has 1 aromatic heterocycles. The number of hydrogen-bond donors (Lipinski definition) is 0. The van der Waals surface area contributed by atoms with Crippen LogP contribution in [0.4, 0.5) is 0 Å². The van der Waals surface area contributed by atoms with E-state index in [1.54, 1.807) is 18.0 Å². The smallest absolute Gasteiger partial charge is 0.115 e. The molecule has 0 atom stereocenters. The van der Waals surface area contributed by atoms with Gasteiger partial charge >= 0.3 is 0 Å². The first-order valence-corrected chi connectivity index (χ1v) is 6.48. The van der Waals surface area contributed by atoms with E-state index < -0.39 is 0 Å². The summed E-state index contributed by atoms with van der Waals surface area (Å²) >= 11 is 13.7. The molecule has 2 aromatic rings. The fraction of sp³-hybridized carbons (Fsp3) is 0.0833. The molecule has 0 saturated heterocycles. The highest BCUT2D eigenvalue weighted by atomic mass is 35.5. The molecule has 0 aliphatic heterocycles. The predicted octanol–water partition coefficient (Wildman–Crippen LogP) is 4.68. The van der Waals surface area contributed by atoms with Gasteiger partial charge in [0.25, 0.3) is 0 Å². The quantitative estimate of drug-likeness (QED) is 0.751. The van der Waals surface area contributed by atoms with Crippen LogP contribution in [0.3, 0.4) is 0 Å². The summed E-state index contributed by atoms with van der Waals surface area (Å²) in [6.07, 6.45) is 1.74. The molecule has 0 radical (unpaired) electrons. The average molecular weight is 270 g/mol. The topological polar surface area (TPSA) is 12.9 Å². The Kier molecular flexibility index (Phi) is 4.10. The second-order valence-corrected chi connectivity index (χ2v) is 4.95. The van der Waals surface area contributed by atoms with Crippen molar-refractivity contribution in [3.05, 3.63) is 58.2 Å². The highest BCUT2D eigenvalue weighted by molar-refractivity contribution is 7.98. The minimum absolute atomic E-state index is 0.680. The fourth-order valence-corrected chi connectivity index (χ4v) is 2.69. The standard InChI is InChI=1S/C12H9Cl2NS/c13-10-5-2-1-4-9(10)8-16-12-11(14)6-3-7-15-12/h1-7H,8H2. The lowest BCUT2D eigenvalue weighted by Crippen LogP contribution is -1.84. The molecule has 1 aromatic carbocycles. The van der Waals surface area contributed by atoms with Gasteiger partial charge in [0.1, 0.15) is 5.03 Å². The van der Waals surface area contributed by atoms with Crippen LogP contribution in [0.5, 0.6) is 0 Å². The SMILES string of the molecule is Clc1ccccc1CSc1ncccc1Cl. The average Bonchev–Trinajstić information content (AvgIpc) is 2.30. The van der Waals surface area contributed by atoms with E-state index >= 15 is 0 Å². The molecule has 2 rings (SSSR count). The number of thioether (sulfide) groups is 1. The van der Waals surface area contributed by atoms with E-state index in [-0.39, 0.29) is 0 Å². The van der Waals surface area contributed by atoms with Crippen LogP contribution in [-0.2, 0) is 5.75 Å². The molecule has 0 spiro atoms. The summed E-state index contributed by atoms with van der Waals surface area (Å²) < 4.78 is 0. The number of rotatable bonds is 3. The van der Waals surface area contributed by atoms with Crippen LogP contribution in [0.25, 0.3) is 0 Å². The molecule has 0 amide bonds. The molecule has 0 N–H and O–H groups in total. The molecule has 16 heavy (non-hydrogen) atoms. The Morgan fingerprint density at radius 3 is 2.50 bits per heavy atom.